The van der Waals surface area contributed by atoms with Gasteiger partial charge in [0.05, 0.1) is 12.0 Å². The third kappa shape index (κ3) is 6.08. The minimum absolute atomic E-state index is 0.00534. The van der Waals surface area contributed by atoms with Crippen LogP contribution in [0.2, 0.25) is 0 Å². The number of carbonyl (C=O) groups is 1. The van der Waals surface area contributed by atoms with Gasteiger partial charge in [-0.05, 0) is 42.2 Å². The number of carbonyl (C=O) groups excluding carboxylic acids is 1. The van der Waals surface area contributed by atoms with E-state index in [4.69, 9.17) is 10.5 Å². The largest absolute Gasteiger partial charge is 0.497 e. The molecule has 2 N–H and O–H groups in total. The summed E-state index contributed by atoms with van der Waals surface area (Å²) in [6.07, 6.45) is 0.779. The number of nitrogens with two attached hydrogens (primary N) is 1. The van der Waals surface area contributed by atoms with E-state index in [1.165, 1.54) is 11.4 Å². The molecule has 1 amide bonds. The molecule has 0 aliphatic rings. The smallest absolute Gasteiger partial charge is 0.243 e. The van der Waals surface area contributed by atoms with Gasteiger partial charge in [-0.2, -0.15) is 4.31 Å². The third-order valence-electron chi connectivity index (χ3n) is 4.30. The lowest BCUT2D eigenvalue weighted by atomic mass is 10.1. The van der Waals surface area contributed by atoms with Crippen molar-refractivity contribution >= 4 is 15.9 Å². The van der Waals surface area contributed by atoms with Gasteiger partial charge >= 0.3 is 0 Å². The van der Waals surface area contributed by atoms with E-state index in [1.807, 2.05) is 37.3 Å². The number of primary amides is 1. The molecule has 2 aromatic carbocycles. The first kappa shape index (κ1) is 20.9. The zero-order chi connectivity index (χ0) is 19.9. The van der Waals surface area contributed by atoms with Crippen LogP contribution in [0.5, 0.6) is 5.75 Å². The molecule has 146 valence electrons. The van der Waals surface area contributed by atoms with E-state index in [1.54, 1.807) is 24.3 Å². The number of benzene rings is 2. The summed E-state index contributed by atoms with van der Waals surface area (Å²) in [5.74, 6) is 0.210. The zero-order valence-electron chi connectivity index (χ0n) is 15.7. The molecule has 0 unspecified atom stereocenters. The molecule has 1 atom stereocenters. The zero-order valence-corrected chi connectivity index (χ0v) is 16.5. The maximum absolute atomic E-state index is 13.2. The van der Waals surface area contributed by atoms with Gasteiger partial charge in [0.1, 0.15) is 5.75 Å². The number of amides is 1. The summed E-state index contributed by atoms with van der Waals surface area (Å²) in [5.41, 5.74) is 6.12. The van der Waals surface area contributed by atoms with E-state index in [0.29, 0.717) is 18.7 Å². The molecule has 7 heteroatoms. The van der Waals surface area contributed by atoms with E-state index in [2.05, 4.69) is 0 Å². The van der Waals surface area contributed by atoms with Crippen molar-refractivity contribution in [3.63, 3.8) is 0 Å². The summed E-state index contributed by atoms with van der Waals surface area (Å²) in [4.78, 5) is 11.2. The van der Waals surface area contributed by atoms with E-state index in [0.717, 1.165) is 5.56 Å². The number of ether oxygens (including phenoxy) is 1. The first-order valence-corrected chi connectivity index (χ1v) is 10.2. The Morgan fingerprint density at radius 3 is 2.30 bits per heavy atom. The predicted molar refractivity (Wildman–Crippen MR) is 105 cm³/mol. The molecule has 2 aromatic rings. The number of sulfonamides is 1. The molecular weight excluding hydrogens is 364 g/mol. The summed E-state index contributed by atoms with van der Waals surface area (Å²) in [6, 6.07) is 15.8. The van der Waals surface area contributed by atoms with Gasteiger partial charge in [-0.25, -0.2) is 8.42 Å². The second kappa shape index (κ2) is 9.53. The predicted octanol–water partition coefficient (Wildman–Crippen LogP) is 2.79. The van der Waals surface area contributed by atoms with Crippen LogP contribution in [-0.2, 0) is 21.4 Å². The molecule has 0 heterocycles. The highest BCUT2D eigenvalue weighted by atomic mass is 32.2. The second-order valence-corrected chi connectivity index (χ2v) is 8.51. The van der Waals surface area contributed by atoms with Gasteiger partial charge in [-0.15, -0.1) is 0 Å². The van der Waals surface area contributed by atoms with Crippen LogP contribution in [0, 0.1) is 5.92 Å². The highest BCUT2D eigenvalue weighted by Gasteiger charge is 2.26. The molecule has 0 saturated heterocycles. The molecule has 0 aromatic heterocycles. The maximum atomic E-state index is 13.2. The van der Waals surface area contributed by atoms with Crippen molar-refractivity contribution in [2.24, 2.45) is 11.7 Å². The normalized spacial score (nSPS) is 12.7. The van der Waals surface area contributed by atoms with Crippen molar-refractivity contribution in [1.82, 2.24) is 4.31 Å². The van der Waals surface area contributed by atoms with Crippen molar-refractivity contribution in [2.75, 3.05) is 13.7 Å². The molecule has 2 rings (SSSR count). The topological polar surface area (TPSA) is 89.7 Å². The highest BCUT2D eigenvalue weighted by Crippen LogP contribution is 2.23. The molecule has 0 aliphatic heterocycles. The average molecular weight is 391 g/mol. The van der Waals surface area contributed by atoms with Gasteiger partial charge in [0.15, 0.2) is 0 Å². The average Bonchev–Trinajstić information content (AvgIpc) is 2.66. The Hall–Kier alpha value is -2.38. The van der Waals surface area contributed by atoms with E-state index in [9.17, 15) is 13.2 Å². The Kier molecular flexibility index (Phi) is 7.38. The van der Waals surface area contributed by atoms with E-state index in [-0.39, 0.29) is 29.7 Å². The van der Waals surface area contributed by atoms with Gasteiger partial charge in [-0.1, -0.05) is 37.3 Å². The monoisotopic (exact) mass is 390 g/mol. The SMILES string of the molecule is COc1ccc(S(=O)(=O)N(Cc2ccccc2)C[C@H](C)CCC(N)=O)cc1. The maximum Gasteiger partial charge on any atom is 0.243 e. The van der Waals surface area contributed by atoms with Crippen LogP contribution in [0.15, 0.2) is 59.5 Å². The number of hydrogen-bond acceptors (Lipinski definition) is 4. The van der Waals surface area contributed by atoms with Crippen molar-refractivity contribution in [3.05, 3.63) is 60.2 Å². The van der Waals surface area contributed by atoms with Gasteiger partial charge in [0.25, 0.3) is 0 Å². The van der Waals surface area contributed by atoms with Crippen LogP contribution in [-0.4, -0.2) is 32.3 Å². The summed E-state index contributed by atoms with van der Waals surface area (Å²) in [7, 11) is -2.16. The minimum Gasteiger partial charge on any atom is -0.497 e. The van der Waals surface area contributed by atoms with Gasteiger partial charge in [-0.3, -0.25) is 4.79 Å². The Morgan fingerprint density at radius 1 is 1.11 bits per heavy atom. The van der Waals surface area contributed by atoms with Crippen LogP contribution < -0.4 is 10.5 Å². The molecule has 0 saturated carbocycles. The van der Waals surface area contributed by atoms with Gasteiger partial charge in [0.2, 0.25) is 15.9 Å². The molecule has 0 fully saturated rings. The fraction of sp³-hybridized carbons (Fsp3) is 0.350. The summed E-state index contributed by atoms with van der Waals surface area (Å²) in [5, 5.41) is 0. The molecule has 0 aliphatic carbocycles. The molecular formula is C20H26N2O4S. The molecule has 0 spiro atoms. The summed E-state index contributed by atoms with van der Waals surface area (Å²) >= 11 is 0. The lowest BCUT2D eigenvalue weighted by molar-refractivity contribution is -0.118. The minimum atomic E-state index is -3.70. The first-order valence-electron chi connectivity index (χ1n) is 8.79. The van der Waals surface area contributed by atoms with Crippen LogP contribution in [0.1, 0.15) is 25.3 Å². The standard InChI is InChI=1S/C20H26N2O4S/c1-16(8-13-20(21)23)14-22(15-17-6-4-3-5-7-17)27(24,25)19-11-9-18(26-2)10-12-19/h3-7,9-12,16H,8,13-15H2,1-2H3,(H2,21,23)/t16-/m1/s1. The van der Waals surface area contributed by atoms with Crippen molar-refractivity contribution < 1.29 is 17.9 Å². The lowest BCUT2D eigenvalue weighted by Crippen LogP contribution is -2.34. The van der Waals surface area contributed by atoms with E-state index >= 15 is 0 Å². The van der Waals surface area contributed by atoms with Gasteiger partial charge in [0, 0.05) is 19.5 Å². The molecule has 27 heavy (non-hydrogen) atoms. The van der Waals surface area contributed by atoms with Gasteiger partial charge < -0.3 is 10.5 Å². The number of nitrogens with zero attached hydrogens (tertiary/aromatic N) is 1. The van der Waals surface area contributed by atoms with Crippen LogP contribution in [0.4, 0.5) is 0 Å². The molecule has 0 bridgehead atoms. The van der Waals surface area contributed by atoms with Crippen molar-refractivity contribution in [3.8, 4) is 5.75 Å². The second-order valence-electron chi connectivity index (χ2n) is 6.57. The number of hydrogen-bond donors (Lipinski definition) is 1. The fourth-order valence-electron chi connectivity index (χ4n) is 2.76. The summed E-state index contributed by atoms with van der Waals surface area (Å²) < 4.78 is 33.0. The number of rotatable bonds is 10. The highest BCUT2D eigenvalue weighted by molar-refractivity contribution is 7.89. The lowest BCUT2D eigenvalue weighted by Gasteiger charge is -2.25. The first-order chi connectivity index (χ1) is 12.8. The molecule has 6 nitrogen and oxygen atoms in total. The van der Waals surface area contributed by atoms with E-state index < -0.39 is 10.0 Å². The number of methoxy groups -OCH3 is 1. The van der Waals surface area contributed by atoms with Crippen LogP contribution in [0.3, 0.4) is 0 Å². The Labute approximate surface area is 161 Å². The third-order valence-corrected chi connectivity index (χ3v) is 6.12. The fourth-order valence-corrected chi connectivity index (χ4v) is 4.31. The Balaban J connectivity index is 2.27. The quantitative estimate of drug-likeness (QED) is 0.675. The molecule has 0 radical (unpaired) electrons. The van der Waals surface area contributed by atoms with Crippen molar-refractivity contribution in [2.45, 2.75) is 31.2 Å². The Morgan fingerprint density at radius 2 is 1.74 bits per heavy atom. The van der Waals surface area contributed by atoms with Crippen molar-refractivity contribution in [1.29, 1.82) is 0 Å². The van der Waals surface area contributed by atoms with Crippen LogP contribution >= 0.6 is 0 Å². The van der Waals surface area contributed by atoms with Crippen LogP contribution in [0.25, 0.3) is 0 Å². The summed E-state index contributed by atoms with van der Waals surface area (Å²) in [6.45, 7) is 2.48. The Bertz CT molecular complexity index is 836.